The quantitative estimate of drug-likeness (QED) is 0.768. The van der Waals surface area contributed by atoms with Gasteiger partial charge in [-0.05, 0) is 35.4 Å². The smallest absolute Gasteiger partial charge is 0.0340 e. The van der Waals surface area contributed by atoms with Gasteiger partial charge < -0.3 is 5.32 Å². The molecule has 1 heteroatoms. The summed E-state index contributed by atoms with van der Waals surface area (Å²) >= 11 is 0. The van der Waals surface area contributed by atoms with Crippen LogP contribution in [0, 0.1) is 5.92 Å². The maximum atomic E-state index is 3.51. The Kier molecular flexibility index (Phi) is 5.04. The van der Waals surface area contributed by atoms with Gasteiger partial charge >= 0.3 is 0 Å². The van der Waals surface area contributed by atoms with Crippen molar-refractivity contribution in [3.05, 3.63) is 29.8 Å². The molecule has 1 aromatic rings. The summed E-state index contributed by atoms with van der Waals surface area (Å²) in [6.45, 7) is 12.4. The second-order valence-corrected chi connectivity index (χ2v) is 6.10. The molecule has 1 rings (SSSR count). The summed E-state index contributed by atoms with van der Waals surface area (Å²) in [5.74, 6) is 0.752. The van der Waals surface area contributed by atoms with Gasteiger partial charge in [-0.25, -0.2) is 0 Å². The second-order valence-electron chi connectivity index (χ2n) is 6.10. The van der Waals surface area contributed by atoms with Crippen LogP contribution in [0.15, 0.2) is 24.3 Å². The van der Waals surface area contributed by atoms with Gasteiger partial charge in [0.15, 0.2) is 0 Å². The highest BCUT2D eigenvalue weighted by Gasteiger charge is 2.12. The van der Waals surface area contributed by atoms with Gasteiger partial charge in [-0.2, -0.15) is 0 Å². The molecule has 96 valence electrons. The molecular weight excluding hydrogens is 206 g/mol. The van der Waals surface area contributed by atoms with Gasteiger partial charge in [-0.1, -0.05) is 53.2 Å². The number of hydrogen-bond donors (Lipinski definition) is 1. The minimum Gasteiger partial charge on any atom is -0.385 e. The van der Waals surface area contributed by atoms with E-state index in [2.05, 4.69) is 64.2 Å². The van der Waals surface area contributed by atoms with Crippen LogP contribution in [0.4, 0.5) is 5.69 Å². The molecule has 0 aliphatic carbocycles. The summed E-state index contributed by atoms with van der Waals surface area (Å²) in [5, 5.41) is 3.51. The number of benzene rings is 1. The van der Waals surface area contributed by atoms with Crippen LogP contribution >= 0.6 is 0 Å². The van der Waals surface area contributed by atoms with Crippen molar-refractivity contribution in [2.24, 2.45) is 5.92 Å². The number of hydrogen-bond acceptors (Lipinski definition) is 1. The van der Waals surface area contributed by atoms with E-state index in [1.165, 1.54) is 24.1 Å². The molecule has 0 saturated carbocycles. The normalized spacial score (nSPS) is 13.5. The first-order valence-electron chi connectivity index (χ1n) is 6.78. The van der Waals surface area contributed by atoms with E-state index in [1.807, 2.05) is 0 Å². The Bertz CT molecular complexity index is 318. The summed E-state index contributed by atoms with van der Waals surface area (Å²) in [4.78, 5) is 0. The Morgan fingerprint density at radius 3 is 2.18 bits per heavy atom. The zero-order valence-corrected chi connectivity index (χ0v) is 12.0. The molecule has 0 bridgehead atoms. The van der Waals surface area contributed by atoms with Crippen LogP contribution in [-0.2, 0) is 5.41 Å². The Morgan fingerprint density at radius 1 is 1.12 bits per heavy atom. The molecule has 0 heterocycles. The third kappa shape index (κ3) is 4.80. The summed E-state index contributed by atoms with van der Waals surface area (Å²) in [6, 6.07) is 8.85. The lowest BCUT2D eigenvalue weighted by Gasteiger charge is -2.19. The standard InChI is InChI=1S/C16H27N/c1-6-7-13(2)12-17-15-10-8-14(9-11-15)16(3,4)5/h8-11,13,17H,6-7,12H2,1-5H3. The first-order chi connectivity index (χ1) is 7.93. The van der Waals surface area contributed by atoms with E-state index >= 15 is 0 Å². The van der Waals surface area contributed by atoms with Gasteiger partial charge in [0.05, 0.1) is 0 Å². The lowest BCUT2D eigenvalue weighted by molar-refractivity contribution is 0.550. The largest absolute Gasteiger partial charge is 0.385 e. The molecule has 1 unspecified atom stereocenters. The number of rotatable bonds is 5. The summed E-state index contributed by atoms with van der Waals surface area (Å²) in [5.41, 5.74) is 2.87. The van der Waals surface area contributed by atoms with Crippen molar-refractivity contribution in [3.8, 4) is 0 Å². The molecule has 0 fully saturated rings. The van der Waals surface area contributed by atoms with Gasteiger partial charge in [0.25, 0.3) is 0 Å². The topological polar surface area (TPSA) is 12.0 Å². The fourth-order valence-corrected chi connectivity index (χ4v) is 1.98. The predicted molar refractivity (Wildman–Crippen MR) is 77.7 cm³/mol. The van der Waals surface area contributed by atoms with Gasteiger partial charge in [-0.15, -0.1) is 0 Å². The van der Waals surface area contributed by atoms with E-state index < -0.39 is 0 Å². The summed E-state index contributed by atoms with van der Waals surface area (Å²) < 4.78 is 0. The molecule has 1 N–H and O–H groups in total. The van der Waals surface area contributed by atoms with Crippen molar-refractivity contribution in [1.29, 1.82) is 0 Å². The first kappa shape index (κ1) is 14.1. The van der Waals surface area contributed by atoms with E-state index in [-0.39, 0.29) is 5.41 Å². The van der Waals surface area contributed by atoms with Crippen molar-refractivity contribution in [1.82, 2.24) is 0 Å². The third-order valence-corrected chi connectivity index (χ3v) is 3.19. The predicted octanol–water partition coefficient (Wildman–Crippen LogP) is 4.83. The highest BCUT2D eigenvalue weighted by Crippen LogP contribution is 2.23. The lowest BCUT2D eigenvalue weighted by Crippen LogP contribution is -2.12. The van der Waals surface area contributed by atoms with Crippen LogP contribution in [0.5, 0.6) is 0 Å². The van der Waals surface area contributed by atoms with Crippen molar-refractivity contribution >= 4 is 5.69 Å². The van der Waals surface area contributed by atoms with Crippen LogP contribution in [0.1, 0.15) is 53.0 Å². The fourth-order valence-electron chi connectivity index (χ4n) is 1.98. The molecule has 0 aliphatic rings. The molecule has 1 aromatic carbocycles. The van der Waals surface area contributed by atoms with Crippen molar-refractivity contribution < 1.29 is 0 Å². The lowest BCUT2D eigenvalue weighted by atomic mass is 9.87. The van der Waals surface area contributed by atoms with E-state index in [4.69, 9.17) is 0 Å². The molecular formula is C16H27N. The van der Waals surface area contributed by atoms with E-state index in [1.54, 1.807) is 0 Å². The van der Waals surface area contributed by atoms with Crippen LogP contribution in [-0.4, -0.2) is 6.54 Å². The van der Waals surface area contributed by atoms with Crippen molar-refractivity contribution in [2.45, 2.75) is 52.9 Å². The average Bonchev–Trinajstić information content (AvgIpc) is 2.26. The maximum Gasteiger partial charge on any atom is 0.0340 e. The van der Waals surface area contributed by atoms with E-state index in [0.717, 1.165) is 12.5 Å². The van der Waals surface area contributed by atoms with Crippen molar-refractivity contribution in [2.75, 3.05) is 11.9 Å². The van der Waals surface area contributed by atoms with E-state index in [9.17, 15) is 0 Å². The molecule has 0 aliphatic heterocycles. The van der Waals surface area contributed by atoms with E-state index in [0.29, 0.717) is 0 Å². The highest BCUT2D eigenvalue weighted by atomic mass is 14.9. The zero-order valence-electron chi connectivity index (χ0n) is 12.0. The Morgan fingerprint density at radius 2 is 1.71 bits per heavy atom. The molecule has 0 aromatic heterocycles. The SMILES string of the molecule is CCCC(C)CNc1ccc(C(C)(C)C)cc1. The van der Waals surface area contributed by atoms with Gasteiger partial charge in [0.1, 0.15) is 0 Å². The zero-order chi connectivity index (χ0) is 12.9. The second kappa shape index (κ2) is 6.09. The fraction of sp³-hybridized carbons (Fsp3) is 0.625. The molecule has 0 radical (unpaired) electrons. The number of anilines is 1. The Hall–Kier alpha value is -0.980. The van der Waals surface area contributed by atoms with Crippen LogP contribution in [0.3, 0.4) is 0 Å². The maximum absolute atomic E-state index is 3.51. The number of nitrogens with one attached hydrogen (secondary N) is 1. The Balaban J connectivity index is 2.51. The summed E-state index contributed by atoms with van der Waals surface area (Å²) in [7, 11) is 0. The van der Waals surface area contributed by atoms with Crippen LogP contribution < -0.4 is 5.32 Å². The van der Waals surface area contributed by atoms with Gasteiger partial charge in [-0.3, -0.25) is 0 Å². The molecule has 1 nitrogen and oxygen atoms in total. The highest BCUT2D eigenvalue weighted by molar-refractivity contribution is 5.45. The third-order valence-electron chi connectivity index (χ3n) is 3.19. The molecule has 0 spiro atoms. The average molecular weight is 233 g/mol. The molecule has 0 amide bonds. The van der Waals surface area contributed by atoms with Gasteiger partial charge in [0, 0.05) is 12.2 Å². The van der Waals surface area contributed by atoms with Gasteiger partial charge in [0.2, 0.25) is 0 Å². The molecule has 17 heavy (non-hydrogen) atoms. The molecule has 1 atom stereocenters. The molecule has 0 saturated heterocycles. The van der Waals surface area contributed by atoms with Crippen molar-refractivity contribution in [3.63, 3.8) is 0 Å². The summed E-state index contributed by atoms with van der Waals surface area (Å²) in [6.07, 6.45) is 2.57. The van der Waals surface area contributed by atoms with Crippen LogP contribution in [0.25, 0.3) is 0 Å². The minimum atomic E-state index is 0.244. The monoisotopic (exact) mass is 233 g/mol. The Labute approximate surface area is 107 Å². The minimum absolute atomic E-state index is 0.244. The van der Waals surface area contributed by atoms with Crippen LogP contribution in [0.2, 0.25) is 0 Å². The first-order valence-corrected chi connectivity index (χ1v) is 6.78.